The molecule has 0 saturated carbocycles. The van der Waals surface area contributed by atoms with Gasteiger partial charge in [-0.25, -0.2) is 4.39 Å². The highest BCUT2D eigenvalue weighted by Crippen LogP contribution is 2.53. The Morgan fingerprint density at radius 2 is 1.96 bits per heavy atom. The van der Waals surface area contributed by atoms with Crippen LogP contribution in [0.15, 0.2) is 35.3 Å². The Morgan fingerprint density at radius 1 is 1.20 bits per heavy atom. The van der Waals surface area contributed by atoms with Crippen molar-refractivity contribution >= 4 is 11.4 Å². The summed E-state index contributed by atoms with van der Waals surface area (Å²) in [6.07, 6.45) is -2.92. The van der Waals surface area contributed by atoms with E-state index >= 15 is 0 Å². The minimum atomic E-state index is -4.74. The van der Waals surface area contributed by atoms with Crippen molar-refractivity contribution in [2.75, 3.05) is 18.4 Å². The van der Waals surface area contributed by atoms with Crippen molar-refractivity contribution in [3.05, 3.63) is 57.8 Å². The van der Waals surface area contributed by atoms with Crippen LogP contribution in [0.25, 0.3) is 0 Å². The number of H-pyrrole nitrogens is 1. The number of hydrogen-bond acceptors (Lipinski definition) is 3. The molecule has 0 bridgehead atoms. The number of hydrogen-bond donors (Lipinski definition) is 3. The fourth-order valence-corrected chi connectivity index (χ4v) is 3.27. The van der Waals surface area contributed by atoms with Crippen molar-refractivity contribution in [3.8, 4) is 0 Å². The minimum absolute atomic E-state index is 0.0706. The smallest absolute Gasteiger partial charge is 0.351 e. The molecule has 2 aromatic rings. The Labute approximate surface area is 141 Å². The first-order chi connectivity index (χ1) is 11.8. The molecule has 134 valence electrons. The van der Waals surface area contributed by atoms with E-state index in [0.29, 0.717) is 13.0 Å². The Balaban J connectivity index is 2.33. The van der Waals surface area contributed by atoms with E-state index in [1.54, 1.807) is 0 Å². The first-order valence-electron chi connectivity index (χ1n) is 7.88. The number of benzene rings is 1. The molecule has 8 heteroatoms. The third-order valence-corrected chi connectivity index (χ3v) is 4.42. The first-order valence-corrected chi connectivity index (χ1v) is 7.88. The quantitative estimate of drug-likeness (QED) is 0.582. The Morgan fingerprint density at radius 3 is 2.64 bits per heavy atom. The number of alkyl halides is 3. The molecule has 0 saturated heterocycles. The summed E-state index contributed by atoms with van der Waals surface area (Å²) in [6.45, 7) is 1.72. The summed E-state index contributed by atoms with van der Waals surface area (Å²) in [7, 11) is 0. The van der Waals surface area contributed by atoms with Crippen LogP contribution in [0, 0.1) is 5.82 Å². The van der Waals surface area contributed by atoms with Crippen molar-refractivity contribution in [1.82, 2.24) is 10.3 Å². The number of nitrogens with one attached hydrogen (secondary N) is 3. The van der Waals surface area contributed by atoms with E-state index in [0.717, 1.165) is 12.1 Å². The average molecular weight is 355 g/mol. The van der Waals surface area contributed by atoms with Crippen LogP contribution < -0.4 is 16.2 Å². The zero-order valence-corrected chi connectivity index (χ0v) is 13.4. The topological polar surface area (TPSA) is 56.9 Å². The number of pyridine rings is 1. The predicted octanol–water partition coefficient (Wildman–Crippen LogP) is 3.42. The van der Waals surface area contributed by atoms with Crippen molar-refractivity contribution in [2.24, 2.45) is 0 Å². The zero-order valence-electron chi connectivity index (χ0n) is 13.4. The highest BCUT2D eigenvalue weighted by Gasteiger charge is 2.60. The van der Waals surface area contributed by atoms with Gasteiger partial charge in [0.15, 0.2) is 0 Å². The van der Waals surface area contributed by atoms with Crippen LogP contribution in [0.3, 0.4) is 0 Å². The second-order valence-electron chi connectivity index (χ2n) is 5.99. The molecule has 0 aliphatic carbocycles. The van der Waals surface area contributed by atoms with Gasteiger partial charge in [0.25, 0.3) is 5.56 Å². The Hall–Kier alpha value is -2.35. The van der Waals surface area contributed by atoms with Crippen LogP contribution in [0.4, 0.5) is 28.9 Å². The molecule has 3 rings (SSSR count). The van der Waals surface area contributed by atoms with Gasteiger partial charge in [0, 0.05) is 24.0 Å². The highest BCUT2D eigenvalue weighted by molar-refractivity contribution is 5.76. The SMILES string of the molecule is CCCNCC1(C(F)(F)F)c2cc(F)ccc2Nc2c1cc[nH]c2=O. The lowest BCUT2D eigenvalue weighted by Crippen LogP contribution is -2.53. The van der Waals surface area contributed by atoms with E-state index in [9.17, 15) is 22.4 Å². The van der Waals surface area contributed by atoms with E-state index in [2.05, 4.69) is 15.6 Å². The summed E-state index contributed by atoms with van der Waals surface area (Å²) in [6, 6.07) is 4.39. The molecule has 4 nitrogen and oxygen atoms in total. The maximum atomic E-state index is 14.3. The van der Waals surface area contributed by atoms with E-state index in [-0.39, 0.29) is 22.5 Å². The van der Waals surface area contributed by atoms with E-state index < -0.39 is 29.5 Å². The molecule has 3 N–H and O–H groups in total. The average Bonchev–Trinajstić information content (AvgIpc) is 2.54. The van der Waals surface area contributed by atoms with Gasteiger partial charge in [0.2, 0.25) is 0 Å². The lowest BCUT2D eigenvalue weighted by atomic mass is 9.70. The highest BCUT2D eigenvalue weighted by atomic mass is 19.4. The molecule has 0 fully saturated rings. The molecule has 1 unspecified atom stereocenters. The molecular weight excluding hydrogens is 338 g/mol. The molecule has 1 aromatic carbocycles. The molecule has 1 atom stereocenters. The summed E-state index contributed by atoms with van der Waals surface area (Å²) < 4.78 is 56.8. The second-order valence-corrected chi connectivity index (χ2v) is 5.99. The summed E-state index contributed by atoms with van der Waals surface area (Å²) in [5.41, 5.74) is -3.73. The fourth-order valence-electron chi connectivity index (χ4n) is 3.27. The normalized spacial score (nSPS) is 19.1. The number of halogens is 4. The Bertz CT molecular complexity index is 847. The maximum Gasteiger partial charge on any atom is 0.403 e. The minimum Gasteiger partial charge on any atom is -0.351 e. The number of rotatable bonds is 4. The monoisotopic (exact) mass is 355 g/mol. The van der Waals surface area contributed by atoms with Gasteiger partial charge in [-0.3, -0.25) is 4.79 Å². The largest absolute Gasteiger partial charge is 0.403 e. The second kappa shape index (κ2) is 6.18. The van der Waals surface area contributed by atoms with Gasteiger partial charge >= 0.3 is 6.18 Å². The van der Waals surface area contributed by atoms with Gasteiger partial charge in [-0.05, 0) is 42.8 Å². The number of aromatic amines is 1. The lowest BCUT2D eigenvalue weighted by molar-refractivity contribution is -0.177. The van der Waals surface area contributed by atoms with Crippen molar-refractivity contribution in [1.29, 1.82) is 0 Å². The molecule has 0 radical (unpaired) electrons. The molecule has 1 aliphatic rings. The number of anilines is 2. The summed E-state index contributed by atoms with van der Waals surface area (Å²) in [4.78, 5) is 14.5. The van der Waals surface area contributed by atoms with Crippen molar-refractivity contribution in [3.63, 3.8) is 0 Å². The van der Waals surface area contributed by atoms with E-state index in [4.69, 9.17) is 0 Å². The molecule has 1 aliphatic heterocycles. The third-order valence-electron chi connectivity index (χ3n) is 4.42. The predicted molar refractivity (Wildman–Crippen MR) is 86.7 cm³/mol. The maximum absolute atomic E-state index is 14.3. The molecule has 25 heavy (non-hydrogen) atoms. The first kappa shape index (κ1) is 17.5. The number of fused-ring (bicyclic) bond motifs is 2. The van der Waals surface area contributed by atoms with Gasteiger partial charge < -0.3 is 15.6 Å². The molecule has 0 spiro atoms. The standard InChI is InChI=1S/C17H17F4N3O/c1-2-6-22-9-16(17(19,20)21)11-5-7-23-15(25)14(11)24-13-4-3-10(18)8-12(13)16/h3-5,7-8,22,24H,2,6,9H2,1H3,(H,23,25). The van der Waals surface area contributed by atoms with Crippen LogP contribution in [0.1, 0.15) is 24.5 Å². The van der Waals surface area contributed by atoms with Crippen LogP contribution >= 0.6 is 0 Å². The van der Waals surface area contributed by atoms with Gasteiger partial charge in [0.05, 0.1) is 0 Å². The fraction of sp³-hybridized carbons (Fsp3) is 0.353. The third kappa shape index (κ3) is 2.70. The zero-order chi connectivity index (χ0) is 18.2. The van der Waals surface area contributed by atoms with E-state index in [1.165, 1.54) is 18.3 Å². The summed E-state index contributed by atoms with van der Waals surface area (Å²) in [5.74, 6) is -0.766. The van der Waals surface area contributed by atoms with E-state index in [1.807, 2.05) is 6.92 Å². The van der Waals surface area contributed by atoms with Gasteiger partial charge in [-0.15, -0.1) is 0 Å². The van der Waals surface area contributed by atoms with Gasteiger partial charge in [0.1, 0.15) is 16.9 Å². The molecule has 2 heterocycles. The molecule has 0 amide bonds. The van der Waals surface area contributed by atoms with Gasteiger partial charge in [-0.1, -0.05) is 6.92 Å². The van der Waals surface area contributed by atoms with Crippen LogP contribution in [-0.2, 0) is 5.41 Å². The lowest BCUT2D eigenvalue weighted by Gasteiger charge is -2.42. The van der Waals surface area contributed by atoms with Crippen molar-refractivity contribution in [2.45, 2.75) is 24.9 Å². The van der Waals surface area contributed by atoms with Crippen molar-refractivity contribution < 1.29 is 17.6 Å². The summed E-state index contributed by atoms with van der Waals surface area (Å²) in [5, 5.41) is 5.51. The van der Waals surface area contributed by atoms with Crippen LogP contribution in [0.5, 0.6) is 0 Å². The summed E-state index contributed by atoms with van der Waals surface area (Å²) >= 11 is 0. The molecule has 1 aromatic heterocycles. The van der Waals surface area contributed by atoms with Crippen LogP contribution in [-0.4, -0.2) is 24.2 Å². The van der Waals surface area contributed by atoms with Gasteiger partial charge in [-0.2, -0.15) is 13.2 Å². The Kier molecular flexibility index (Phi) is 4.32. The number of aromatic nitrogens is 1. The molecular formula is C17H17F4N3O. The van der Waals surface area contributed by atoms with Crippen LogP contribution in [0.2, 0.25) is 0 Å².